The standard InChI is InChI=1S/C10H9F5N2S/c11-6-3-5(8(16)18)1-2-7(6)17-4-10(14,15)9(12)13/h1-3,9,17H,4H2,(H2,16,18). The first-order chi connectivity index (χ1) is 8.24. The lowest BCUT2D eigenvalue weighted by Gasteiger charge is -2.17. The van der Waals surface area contributed by atoms with Crippen LogP contribution >= 0.6 is 12.2 Å². The Bertz CT molecular complexity index is 450. The van der Waals surface area contributed by atoms with Crippen molar-refractivity contribution in [3.8, 4) is 0 Å². The Morgan fingerprint density at radius 3 is 2.44 bits per heavy atom. The number of hydrogen-bond donors (Lipinski definition) is 2. The van der Waals surface area contributed by atoms with Crippen molar-refractivity contribution in [2.45, 2.75) is 12.3 Å². The molecule has 0 aliphatic heterocycles. The van der Waals surface area contributed by atoms with Gasteiger partial charge in [0.2, 0.25) is 0 Å². The van der Waals surface area contributed by atoms with E-state index in [1.165, 1.54) is 6.07 Å². The van der Waals surface area contributed by atoms with Crippen molar-refractivity contribution in [3.05, 3.63) is 29.6 Å². The maximum absolute atomic E-state index is 13.4. The summed E-state index contributed by atoms with van der Waals surface area (Å²) in [5.74, 6) is -5.13. The minimum atomic E-state index is -4.23. The van der Waals surface area contributed by atoms with E-state index in [1.807, 2.05) is 5.32 Å². The molecule has 0 aliphatic rings. The van der Waals surface area contributed by atoms with Crippen molar-refractivity contribution in [1.82, 2.24) is 0 Å². The molecule has 1 aromatic rings. The van der Waals surface area contributed by atoms with Crippen LogP contribution in [0.25, 0.3) is 0 Å². The van der Waals surface area contributed by atoms with Crippen LogP contribution in [0.5, 0.6) is 0 Å². The minimum absolute atomic E-state index is 0.0571. The summed E-state index contributed by atoms with van der Waals surface area (Å²) in [7, 11) is 0. The van der Waals surface area contributed by atoms with Crippen molar-refractivity contribution in [2.24, 2.45) is 5.73 Å². The Labute approximate surface area is 105 Å². The zero-order valence-corrected chi connectivity index (χ0v) is 9.71. The molecule has 3 N–H and O–H groups in total. The minimum Gasteiger partial charge on any atom is -0.389 e. The van der Waals surface area contributed by atoms with Crippen LogP contribution in [0.15, 0.2) is 18.2 Å². The van der Waals surface area contributed by atoms with E-state index in [0.29, 0.717) is 0 Å². The second-order valence-electron chi connectivity index (χ2n) is 3.47. The van der Waals surface area contributed by atoms with E-state index in [1.54, 1.807) is 0 Å². The molecule has 8 heteroatoms. The highest BCUT2D eigenvalue weighted by atomic mass is 32.1. The summed E-state index contributed by atoms with van der Waals surface area (Å²) in [6.07, 6.45) is -3.82. The second-order valence-corrected chi connectivity index (χ2v) is 3.91. The highest BCUT2D eigenvalue weighted by Gasteiger charge is 2.40. The van der Waals surface area contributed by atoms with Crippen molar-refractivity contribution in [1.29, 1.82) is 0 Å². The predicted molar refractivity (Wildman–Crippen MR) is 61.7 cm³/mol. The van der Waals surface area contributed by atoms with Crippen molar-refractivity contribution < 1.29 is 22.0 Å². The van der Waals surface area contributed by atoms with E-state index in [2.05, 4.69) is 12.2 Å². The average molecular weight is 284 g/mol. The molecule has 0 aromatic heterocycles. The van der Waals surface area contributed by atoms with Crippen LogP contribution in [-0.4, -0.2) is 23.9 Å². The van der Waals surface area contributed by atoms with Gasteiger partial charge < -0.3 is 11.1 Å². The van der Waals surface area contributed by atoms with Gasteiger partial charge in [0, 0.05) is 5.56 Å². The highest BCUT2D eigenvalue weighted by Crippen LogP contribution is 2.24. The van der Waals surface area contributed by atoms with E-state index >= 15 is 0 Å². The molecule has 0 heterocycles. The van der Waals surface area contributed by atoms with Gasteiger partial charge in [-0.2, -0.15) is 8.78 Å². The number of alkyl halides is 4. The summed E-state index contributed by atoms with van der Waals surface area (Å²) in [6.45, 7) is -1.37. The number of hydrogen-bond acceptors (Lipinski definition) is 2. The number of halogens is 5. The molecule has 0 spiro atoms. The first-order valence-corrected chi connectivity index (χ1v) is 5.14. The molecule has 0 aliphatic carbocycles. The number of anilines is 1. The van der Waals surface area contributed by atoms with Gasteiger partial charge in [-0.15, -0.1) is 0 Å². The molecule has 0 atom stereocenters. The van der Waals surface area contributed by atoms with E-state index in [9.17, 15) is 22.0 Å². The molecule has 0 radical (unpaired) electrons. The normalized spacial score (nSPS) is 11.7. The van der Waals surface area contributed by atoms with Crippen LogP contribution in [0.2, 0.25) is 0 Å². The fourth-order valence-electron chi connectivity index (χ4n) is 1.10. The van der Waals surface area contributed by atoms with Crippen LogP contribution in [0.1, 0.15) is 5.56 Å². The molecule has 0 fully saturated rings. The average Bonchev–Trinajstić information content (AvgIpc) is 2.26. The lowest BCUT2D eigenvalue weighted by Crippen LogP contribution is -2.35. The first kappa shape index (κ1) is 14.6. The third-order valence-electron chi connectivity index (χ3n) is 2.09. The number of nitrogens with one attached hydrogen (secondary N) is 1. The summed E-state index contributed by atoms with van der Waals surface area (Å²) >= 11 is 4.59. The van der Waals surface area contributed by atoms with Gasteiger partial charge in [-0.05, 0) is 18.2 Å². The Kier molecular flexibility index (Phi) is 4.44. The topological polar surface area (TPSA) is 38.0 Å². The molecule has 2 nitrogen and oxygen atoms in total. The maximum Gasteiger partial charge on any atom is 0.324 e. The van der Waals surface area contributed by atoms with Crippen LogP contribution in [-0.2, 0) is 0 Å². The van der Waals surface area contributed by atoms with Crippen LogP contribution in [0, 0.1) is 5.82 Å². The number of thiocarbonyl (C=S) groups is 1. The van der Waals surface area contributed by atoms with Crippen LogP contribution in [0.3, 0.4) is 0 Å². The molecule has 0 bridgehead atoms. The third kappa shape index (κ3) is 3.52. The molecular weight excluding hydrogens is 275 g/mol. The van der Waals surface area contributed by atoms with Crippen molar-refractivity contribution in [2.75, 3.05) is 11.9 Å². The summed E-state index contributed by atoms with van der Waals surface area (Å²) in [5.41, 5.74) is 5.13. The molecule has 100 valence electrons. The lowest BCUT2D eigenvalue weighted by atomic mass is 10.2. The van der Waals surface area contributed by atoms with Gasteiger partial charge in [0.25, 0.3) is 0 Å². The second kappa shape index (κ2) is 5.47. The smallest absolute Gasteiger partial charge is 0.324 e. The van der Waals surface area contributed by atoms with E-state index < -0.39 is 24.7 Å². The predicted octanol–water partition coefficient (Wildman–Crippen LogP) is 2.77. The lowest BCUT2D eigenvalue weighted by molar-refractivity contribution is -0.117. The van der Waals surface area contributed by atoms with Gasteiger partial charge >= 0.3 is 12.3 Å². The Morgan fingerprint density at radius 1 is 1.39 bits per heavy atom. The SMILES string of the molecule is NC(=S)c1ccc(NCC(F)(F)C(F)F)c(F)c1. The largest absolute Gasteiger partial charge is 0.389 e. The zero-order valence-electron chi connectivity index (χ0n) is 8.89. The highest BCUT2D eigenvalue weighted by molar-refractivity contribution is 7.80. The molecule has 18 heavy (non-hydrogen) atoms. The summed E-state index contributed by atoms with van der Waals surface area (Å²) < 4.78 is 62.3. The summed E-state index contributed by atoms with van der Waals surface area (Å²) in [4.78, 5) is -0.0571. The van der Waals surface area contributed by atoms with Crippen LogP contribution in [0.4, 0.5) is 27.6 Å². The van der Waals surface area contributed by atoms with E-state index in [-0.39, 0.29) is 16.2 Å². The Hall–Kier alpha value is -1.44. The van der Waals surface area contributed by atoms with Gasteiger partial charge in [0.1, 0.15) is 10.8 Å². The van der Waals surface area contributed by atoms with Crippen molar-refractivity contribution >= 4 is 22.9 Å². The van der Waals surface area contributed by atoms with E-state index in [4.69, 9.17) is 5.73 Å². The summed E-state index contributed by atoms with van der Waals surface area (Å²) in [6, 6.07) is 3.34. The van der Waals surface area contributed by atoms with Crippen molar-refractivity contribution in [3.63, 3.8) is 0 Å². The molecule has 0 saturated heterocycles. The van der Waals surface area contributed by atoms with Gasteiger partial charge in [-0.1, -0.05) is 12.2 Å². The van der Waals surface area contributed by atoms with Gasteiger partial charge in [0.15, 0.2) is 0 Å². The molecular formula is C10H9F5N2S. The number of rotatable bonds is 5. The number of nitrogens with two attached hydrogens (primary N) is 1. The fraction of sp³-hybridized carbons (Fsp3) is 0.300. The van der Waals surface area contributed by atoms with E-state index in [0.717, 1.165) is 12.1 Å². The third-order valence-corrected chi connectivity index (χ3v) is 2.32. The monoisotopic (exact) mass is 284 g/mol. The summed E-state index contributed by atoms with van der Waals surface area (Å²) in [5, 5.41) is 1.91. The molecule has 0 saturated carbocycles. The van der Waals surface area contributed by atoms with Gasteiger partial charge in [-0.3, -0.25) is 0 Å². The zero-order chi connectivity index (χ0) is 13.9. The fourth-order valence-corrected chi connectivity index (χ4v) is 1.23. The molecule has 1 aromatic carbocycles. The molecule has 0 amide bonds. The van der Waals surface area contributed by atoms with Gasteiger partial charge in [0.05, 0.1) is 12.2 Å². The maximum atomic E-state index is 13.4. The first-order valence-electron chi connectivity index (χ1n) is 4.73. The molecule has 0 unspecified atom stereocenters. The quantitative estimate of drug-likeness (QED) is 0.645. The Morgan fingerprint density at radius 2 is 2.00 bits per heavy atom. The van der Waals surface area contributed by atoms with Gasteiger partial charge in [-0.25, -0.2) is 13.2 Å². The Balaban J connectivity index is 2.78. The molecule has 1 rings (SSSR count). The number of benzene rings is 1. The van der Waals surface area contributed by atoms with Crippen LogP contribution < -0.4 is 11.1 Å².